The van der Waals surface area contributed by atoms with Crippen molar-refractivity contribution < 1.29 is 23.0 Å². The lowest BCUT2D eigenvalue weighted by Gasteiger charge is -2.24. The molecular formula is C16H19F2NO3. The lowest BCUT2D eigenvalue weighted by Crippen LogP contribution is -2.36. The number of benzene rings is 1. The van der Waals surface area contributed by atoms with Gasteiger partial charge in [0.15, 0.2) is 0 Å². The second-order valence-electron chi connectivity index (χ2n) is 5.30. The molecule has 0 bridgehead atoms. The van der Waals surface area contributed by atoms with E-state index in [-0.39, 0.29) is 18.3 Å². The maximum absolute atomic E-state index is 12.2. The van der Waals surface area contributed by atoms with Crippen molar-refractivity contribution in [2.45, 2.75) is 32.1 Å². The first-order valence-corrected chi connectivity index (χ1v) is 6.93. The molecule has 2 atom stereocenters. The van der Waals surface area contributed by atoms with Gasteiger partial charge in [-0.15, -0.1) is 0 Å². The first kappa shape index (κ1) is 16.5. The molecule has 22 heavy (non-hydrogen) atoms. The van der Waals surface area contributed by atoms with E-state index in [4.69, 9.17) is 4.42 Å². The summed E-state index contributed by atoms with van der Waals surface area (Å²) in [5.41, 5.74) is -0.372. The van der Waals surface area contributed by atoms with Gasteiger partial charge in [0, 0.05) is 12.6 Å². The van der Waals surface area contributed by atoms with Crippen LogP contribution in [0.2, 0.25) is 0 Å². The average molecular weight is 311 g/mol. The zero-order chi connectivity index (χ0) is 16.2. The number of aliphatic hydroxyl groups is 1. The SMILES string of the molecule is C[C@H](NC[C@@](C)(O)c1ccco1)c1cccc(OC(F)F)c1. The molecule has 1 aromatic heterocycles. The molecule has 6 heteroatoms. The van der Waals surface area contributed by atoms with Gasteiger partial charge in [0.1, 0.15) is 17.1 Å². The van der Waals surface area contributed by atoms with Gasteiger partial charge in [-0.25, -0.2) is 0 Å². The van der Waals surface area contributed by atoms with E-state index in [9.17, 15) is 13.9 Å². The molecule has 2 N–H and O–H groups in total. The zero-order valence-electron chi connectivity index (χ0n) is 12.4. The molecule has 0 aliphatic heterocycles. The van der Waals surface area contributed by atoms with Crippen LogP contribution in [0.25, 0.3) is 0 Å². The van der Waals surface area contributed by atoms with Gasteiger partial charge >= 0.3 is 6.61 Å². The first-order chi connectivity index (χ1) is 10.4. The Bertz CT molecular complexity index is 585. The highest BCUT2D eigenvalue weighted by atomic mass is 19.3. The minimum Gasteiger partial charge on any atom is -0.466 e. The number of hydrogen-bond donors (Lipinski definition) is 2. The second kappa shape index (κ2) is 6.89. The van der Waals surface area contributed by atoms with Crippen LogP contribution >= 0.6 is 0 Å². The van der Waals surface area contributed by atoms with E-state index < -0.39 is 12.2 Å². The van der Waals surface area contributed by atoms with Crippen LogP contribution in [-0.4, -0.2) is 18.3 Å². The summed E-state index contributed by atoms with van der Waals surface area (Å²) in [7, 11) is 0. The summed E-state index contributed by atoms with van der Waals surface area (Å²) in [5, 5.41) is 13.5. The Morgan fingerprint density at radius 3 is 2.73 bits per heavy atom. The van der Waals surface area contributed by atoms with Crippen molar-refractivity contribution in [2.24, 2.45) is 0 Å². The van der Waals surface area contributed by atoms with Gasteiger partial charge in [-0.3, -0.25) is 0 Å². The highest BCUT2D eigenvalue weighted by Gasteiger charge is 2.26. The Kier molecular flexibility index (Phi) is 5.15. The molecule has 0 amide bonds. The molecule has 0 spiro atoms. The Morgan fingerprint density at radius 2 is 2.09 bits per heavy atom. The fourth-order valence-corrected chi connectivity index (χ4v) is 2.10. The van der Waals surface area contributed by atoms with Crippen LogP contribution in [0, 0.1) is 0 Å². The molecule has 4 nitrogen and oxygen atoms in total. The maximum atomic E-state index is 12.2. The Hall–Kier alpha value is -1.92. The Labute approximate surface area is 127 Å². The van der Waals surface area contributed by atoms with Gasteiger partial charge in [-0.05, 0) is 43.7 Å². The third-order valence-corrected chi connectivity index (χ3v) is 3.39. The van der Waals surface area contributed by atoms with Gasteiger partial charge in [0.25, 0.3) is 0 Å². The number of hydrogen-bond acceptors (Lipinski definition) is 4. The summed E-state index contributed by atoms with van der Waals surface area (Å²) in [6.07, 6.45) is 1.50. The van der Waals surface area contributed by atoms with E-state index in [2.05, 4.69) is 10.1 Å². The van der Waals surface area contributed by atoms with Crippen molar-refractivity contribution in [2.75, 3.05) is 6.54 Å². The van der Waals surface area contributed by atoms with Crippen LogP contribution in [0.5, 0.6) is 5.75 Å². The zero-order valence-corrected chi connectivity index (χ0v) is 12.4. The van der Waals surface area contributed by atoms with Crippen molar-refractivity contribution in [1.82, 2.24) is 5.32 Å². The van der Waals surface area contributed by atoms with Crippen LogP contribution in [-0.2, 0) is 5.60 Å². The fraction of sp³-hybridized carbons (Fsp3) is 0.375. The molecule has 0 aliphatic rings. The van der Waals surface area contributed by atoms with E-state index in [1.807, 2.05) is 6.92 Å². The predicted octanol–water partition coefficient (Wildman–Crippen LogP) is 3.44. The van der Waals surface area contributed by atoms with Crippen LogP contribution in [0.1, 0.15) is 31.2 Å². The highest BCUT2D eigenvalue weighted by molar-refractivity contribution is 5.30. The van der Waals surface area contributed by atoms with E-state index in [1.54, 1.807) is 37.3 Å². The minimum absolute atomic E-state index is 0.110. The highest BCUT2D eigenvalue weighted by Crippen LogP contribution is 2.23. The molecule has 0 radical (unpaired) electrons. The quantitative estimate of drug-likeness (QED) is 0.822. The molecular weight excluding hydrogens is 292 g/mol. The molecule has 0 saturated heterocycles. The largest absolute Gasteiger partial charge is 0.466 e. The van der Waals surface area contributed by atoms with Crippen molar-refractivity contribution in [3.8, 4) is 5.75 Å². The van der Waals surface area contributed by atoms with Gasteiger partial charge in [0.2, 0.25) is 0 Å². The monoisotopic (exact) mass is 311 g/mol. The lowest BCUT2D eigenvalue weighted by atomic mass is 10.0. The predicted molar refractivity (Wildman–Crippen MR) is 77.8 cm³/mol. The standard InChI is InChI=1S/C16H19F2NO3/c1-11(12-5-3-6-13(9-12)22-15(17)18)19-10-16(2,20)14-7-4-8-21-14/h3-9,11,15,19-20H,10H2,1-2H3/t11-,16+/m0/s1. The Balaban J connectivity index is 1.99. The van der Waals surface area contributed by atoms with Crippen LogP contribution < -0.4 is 10.1 Å². The second-order valence-corrected chi connectivity index (χ2v) is 5.30. The molecule has 1 heterocycles. The lowest BCUT2D eigenvalue weighted by molar-refractivity contribution is -0.0499. The van der Waals surface area contributed by atoms with Crippen molar-refractivity contribution in [3.05, 3.63) is 54.0 Å². The number of ether oxygens (including phenoxy) is 1. The van der Waals surface area contributed by atoms with Crippen LogP contribution in [0.3, 0.4) is 0 Å². The van der Waals surface area contributed by atoms with E-state index in [1.165, 1.54) is 12.3 Å². The van der Waals surface area contributed by atoms with E-state index >= 15 is 0 Å². The summed E-state index contributed by atoms with van der Waals surface area (Å²) in [6.45, 7) is 0.918. The number of alkyl halides is 2. The molecule has 1 aromatic carbocycles. The Morgan fingerprint density at radius 1 is 1.32 bits per heavy atom. The third-order valence-electron chi connectivity index (χ3n) is 3.39. The van der Waals surface area contributed by atoms with Gasteiger partial charge in [-0.2, -0.15) is 8.78 Å². The van der Waals surface area contributed by atoms with Crippen LogP contribution in [0.15, 0.2) is 47.1 Å². The number of nitrogens with one attached hydrogen (secondary N) is 1. The minimum atomic E-state index is -2.85. The summed E-state index contributed by atoms with van der Waals surface area (Å²) >= 11 is 0. The van der Waals surface area contributed by atoms with Crippen molar-refractivity contribution in [1.29, 1.82) is 0 Å². The van der Waals surface area contributed by atoms with Gasteiger partial charge in [0.05, 0.1) is 6.26 Å². The molecule has 0 aliphatic carbocycles. The van der Waals surface area contributed by atoms with Gasteiger partial charge < -0.3 is 19.6 Å². The number of halogens is 2. The normalized spacial score (nSPS) is 15.5. The molecule has 0 fully saturated rings. The molecule has 2 rings (SSSR count). The topological polar surface area (TPSA) is 54.6 Å². The summed E-state index contributed by atoms with van der Waals surface area (Å²) in [6, 6.07) is 9.73. The smallest absolute Gasteiger partial charge is 0.387 e. The number of furan rings is 1. The van der Waals surface area contributed by atoms with E-state index in [0.717, 1.165) is 5.56 Å². The third kappa shape index (κ3) is 4.29. The van der Waals surface area contributed by atoms with Crippen LogP contribution in [0.4, 0.5) is 8.78 Å². The van der Waals surface area contributed by atoms with Gasteiger partial charge in [-0.1, -0.05) is 12.1 Å². The summed E-state index contributed by atoms with van der Waals surface area (Å²) < 4.78 is 34.1. The van der Waals surface area contributed by atoms with E-state index in [0.29, 0.717) is 5.76 Å². The first-order valence-electron chi connectivity index (χ1n) is 6.93. The average Bonchev–Trinajstić information content (AvgIpc) is 2.99. The molecule has 0 unspecified atom stereocenters. The number of rotatable bonds is 7. The molecule has 0 saturated carbocycles. The van der Waals surface area contributed by atoms with Crippen molar-refractivity contribution >= 4 is 0 Å². The maximum Gasteiger partial charge on any atom is 0.387 e. The molecule has 120 valence electrons. The fourth-order valence-electron chi connectivity index (χ4n) is 2.10. The molecule has 2 aromatic rings. The van der Waals surface area contributed by atoms with Crippen molar-refractivity contribution in [3.63, 3.8) is 0 Å². The summed E-state index contributed by atoms with van der Waals surface area (Å²) in [5.74, 6) is 0.570. The summed E-state index contributed by atoms with van der Waals surface area (Å²) in [4.78, 5) is 0.